The maximum absolute atomic E-state index is 12.3. The van der Waals surface area contributed by atoms with Crippen LogP contribution in [-0.2, 0) is 25.5 Å². The summed E-state index contributed by atoms with van der Waals surface area (Å²) in [7, 11) is 0. The van der Waals surface area contributed by atoms with Crippen LogP contribution in [0.5, 0.6) is 0 Å². The van der Waals surface area contributed by atoms with Gasteiger partial charge in [-0.25, -0.2) is 0 Å². The summed E-state index contributed by atoms with van der Waals surface area (Å²) in [6.07, 6.45) is 4.32. The van der Waals surface area contributed by atoms with E-state index in [0.717, 1.165) is 31.2 Å². The molecule has 28 heavy (non-hydrogen) atoms. The van der Waals surface area contributed by atoms with E-state index < -0.39 is 6.04 Å². The third-order valence-corrected chi connectivity index (χ3v) is 5.42. The number of nitrogens with one attached hydrogen (secondary N) is 2. The molecular weight excluding hydrogens is 358 g/mol. The molecule has 3 rings (SSSR count). The number of rotatable bonds is 6. The van der Waals surface area contributed by atoms with Gasteiger partial charge in [0.25, 0.3) is 0 Å². The van der Waals surface area contributed by atoms with Crippen LogP contribution in [0.15, 0.2) is 24.3 Å². The van der Waals surface area contributed by atoms with Gasteiger partial charge in [0.15, 0.2) is 0 Å². The average Bonchev–Trinajstić information content (AvgIpc) is 3.25. The first kappa shape index (κ1) is 20.3. The van der Waals surface area contributed by atoms with Gasteiger partial charge in [-0.2, -0.15) is 0 Å². The molecule has 0 radical (unpaired) electrons. The maximum Gasteiger partial charge on any atom is 0.246 e. The highest BCUT2D eigenvalue weighted by molar-refractivity contribution is 5.97. The van der Waals surface area contributed by atoms with Crippen LogP contribution >= 0.6 is 0 Å². The highest BCUT2D eigenvalue weighted by Crippen LogP contribution is 2.24. The van der Waals surface area contributed by atoms with Crippen molar-refractivity contribution in [2.24, 2.45) is 5.92 Å². The number of anilines is 1. The highest BCUT2D eigenvalue weighted by Gasteiger charge is 2.25. The quantitative estimate of drug-likeness (QED) is 0.778. The highest BCUT2D eigenvalue weighted by atomic mass is 16.5. The lowest BCUT2D eigenvalue weighted by atomic mass is 10.1. The fourth-order valence-electron chi connectivity index (χ4n) is 3.64. The Morgan fingerprint density at radius 3 is 2.39 bits per heavy atom. The minimum absolute atomic E-state index is 0.0304. The van der Waals surface area contributed by atoms with E-state index in [2.05, 4.69) is 10.6 Å². The van der Waals surface area contributed by atoms with Gasteiger partial charge in [0.05, 0.1) is 19.6 Å². The predicted octanol–water partition coefficient (Wildman–Crippen LogP) is 1.72. The summed E-state index contributed by atoms with van der Waals surface area (Å²) in [5.74, 6) is -0.150. The van der Waals surface area contributed by atoms with E-state index in [0.29, 0.717) is 38.4 Å². The summed E-state index contributed by atoms with van der Waals surface area (Å²) in [6.45, 7) is 4.14. The molecule has 3 amide bonds. The zero-order chi connectivity index (χ0) is 19.9. The molecule has 0 unspecified atom stereocenters. The van der Waals surface area contributed by atoms with Gasteiger partial charge >= 0.3 is 0 Å². The average molecular weight is 387 g/mol. The number of nitrogens with zero attached hydrogens (tertiary/aromatic N) is 1. The van der Waals surface area contributed by atoms with Gasteiger partial charge in [-0.15, -0.1) is 0 Å². The first-order chi connectivity index (χ1) is 13.5. The Balaban J connectivity index is 1.46. The zero-order valence-electron chi connectivity index (χ0n) is 16.4. The van der Waals surface area contributed by atoms with Gasteiger partial charge in [-0.1, -0.05) is 25.0 Å². The van der Waals surface area contributed by atoms with Gasteiger partial charge in [-0.3, -0.25) is 14.4 Å². The second-order valence-electron chi connectivity index (χ2n) is 7.57. The Bertz CT molecular complexity index is 692. The number of morpholine rings is 1. The summed E-state index contributed by atoms with van der Waals surface area (Å²) in [6, 6.07) is 6.66. The van der Waals surface area contributed by atoms with Crippen molar-refractivity contribution in [3.63, 3.8) is 0 Å². The van der Waals surface area contributed by atoms with Crippen LogP contribution in [0.2, 0.25) is 0 Å². The van der Waals surface area contributed by atoms with E-state index in [1.165, 1.54) is 0 Å². The number of hydrogen-bond acceptors (Lipinski definition) is 4. The van der Waals surface area contributed by atoms with Crippen molar-refractivity contribution in [2.75, 3.05) is 31.6 Å². The number of hydrogen-bond donors (Lipinski definition) is 2. The number of ether oxygens (including phenoxy) is 1. The molecule has 0 aromatic heterocycles. The molecule has 7 heteroatoms. The lowest BCUT2D eigenvalue weighted by molar-refractivity contribution is -0.134. The van der Waals surface area contributed by atoms with Crippen LogP contribution in [0, 0.1) is 5.92 Å². The lowest BCUT2D eigenvalue weighted by Crippen LogP contribution is -2.43. The molecule has 1 saturated carbocycles. The monoisotopic (exact) mass is 387 g/mol. The van der Waals surface area contributed by atoms with E-state index in [1.54, 1.807) is 19.1 Å². The number of carbonyl (C=O) groups excluding carboxylic acids is 3. The molecule has 0 bridgehead atoms. The number of carbonyl (C=O) groups is 3. The van der Waals surface area contributed by atoms with Crippen LogP contribution in [0.3, 0.4) is 0 Å². The normalized spacial score (nSPS) is 18.5. The Hall–Kier alpha value is -2.41. The van der Waals surface area contributed by atoms with Crippen molar-refractivity contribution < 1.29 is 19.1 Å². The molecule has 2 aliphatic rings. The lowest BCUT2D eigenvalue weighted by Gasteiger charge is -2.26. The second kappa shape index (κ2) is 9.68. The Morgan fingerprint density at radius 2 is 1.75 bits per heavy atom. The molecule has 2 fully saturated rings. The Kier molecular flexibility index (Phi) is 7.03. The number of benzene rings is 1. The van der Waals surface area contributed by atoms with Crippen LogP contribution in [0.4, 0.5) is 5.69 Å². The molecule has 1 saturated heterocycles. The molecule has 7 nitrogen and oxygen atoms in total. The molecule has 1 aliphatic heterocycles. The molecule has 1 atom stereocenters. The molecule has 1 aliphatic carbocycles. The van der Waals surface area contributed by atoms with Gasteiger partial charge < -0.3 is 20.3 Å². The molecule has 1 aromatic carbocycles. The smallest absolute Gasteiger partial charge is 0.246 e. The largest absolute Gasteiger partial charge is 0.378 e. The van der Waals surface area contributed by atoms with E-state index in [9.17, 15) is 14.4 Å². The molecule has 2 N–H and O–H groups in total. The van der Waals surface area contributed by atoms with E-state index in [-0.39, 0.29) is 23.6 Å². The van der Waals surface area contributed by atoms with Gasteiger partial charge in [0, 0.05) is 24.7 Å². The fraction of sp³-hybridized carbons (Fsp3) is 0.571. The Labute approximate surface area is 165 Å². The van der Waals surface area contributed by atoms with Crippen molar-refractivity contribution in [1.82, 2.24) is 10.2 Å². The minimum Gasteiger partial charge on any atom is -0.378 e. The molecule has 1 heterocycles. The third kappa shape index (κ3) is 5.55. The Morgan fingerprint density at radius 1 is 1.11 bits per heavy atom. The third-order valence-electron chi connectivity index (χ3n) is 5.42. The van der Waals surface area contributed by atoms with Gasteiger partial charge in [-0.05, 0) is 37.5 Å². The first-order valence-corrected chi connectivity index (χ1v) is 10.1. The molecular formula is C21H29N3O4. The summed E-state index contributed by atoms with van der Waals surface area (Å²) >= 11 is 0. The summed E-state index contributed by atoms with van der Waals surface area (Å²) in [4.78, 5) is 38.6. The van der Waals surface area contributed by atoms with Crippen LogP contribution in [-0.4, -0.2) is 55.0 Å². The van der Waals surface area contributed by atoms with Crippen molar-refractivity contribution in [2.45, 2.75) is 45.1 Å². The first-order valence-electron chi connectivity index (χ1n) is 10.1. The molecule has 0 spiro atoms. The zero-order valence-corrected chi connectivity index (χ0v) is 16.4. The molecule has 152 valence electrons. The van der Waals surface area contributed by atoms with E-state index >= 15 is 0 Å². The summed E-state index contributed by atoms with van der Waals surface area (Å²) in [5, 5.41) is 5.62. The van der Waals surface area contributed by atoms with Crippen LogP contribution < -0.4 is 10.6 Å². The minimum atomic E-state index is -0.587. The topological polar surface area (TPSA) is 87.7 Å². The van der Waals surface area contributed by atoms with E-state index in [4.69, 9.17) is 4.74 Å². The standard InChI is InChI=1S/C21H29N3O4/c1-15(22-21(27)17-4-2-3-5-17)20(26)23-18-8-6-16(7-9-18)14-19(25)24-10-12-28-13-11-24/h6-9,15,17H,2-5,10-14H2,1H3,(H,22,27)(H,23,26)/t15-/m0/s1. The van der Waals surface area contributed by atoms with Gasteiger partial charge in [0.2, 0.25) is 17.7 Å². The fourth-order valence-corrected chi connectivity index (χ4v) is 3.64. The van der Waals surface area contributed by atoms with Crippen molar-refractivity contribution in [3.8, 4) is 0 Å². The van der Waals surface area contributed by atoms with Gasteiger partial charge in [0.1, 0.15) is 6.04 Å². The maximum atomic E-state index is 12.3. The van der Waals surface area contributed by atoms with Crippen molar-refractivity contribution in [3.05, 3.63) is 29.8 Å². The second-order valence-corrected chi connectivity index (χ2v) is 7.57. The SMILES string of the molecule is C[C@H](NC(=O)C1CCCC1)C(=O)Nc1ccc(CC(=O)N2CCOCC2)cc1. The van der Waals surface area contributed by atoms with Crippen molar-refractivity contribution >= 4 is 23.4 Å². The molecule has 1 aromatic rings. The van der Waals surface area contributed by atoms with Crippen LogP contribution in [0.1, 0.15) is 38.2 Å². The van der Waals surface area contributed by atoms with E-state index in [1.807, 2.05) is 17.0 Å². The predicted molar refractivity (Wildman–Crippen MR) is 106 cm³/mol. The van der Waals surface area contributed by atoms with Crippen LogP contribution in [0.25, 0.3) is 0 Å². The number of amides is 3. The summed E-state index contributed by atoms with van der Waals surface area (Å²) < 4.78 is 5.26. The van der Waals surface area contributed by atoms with Crippen molar-refractivity contribution in [1.29, 1.82) is 0 Å². The summed E-state index contributed by atoms with van der Waals surface area (Å²) in [5.41, 5.74) is 1.55.